The lowest BCUT2D eigenvalue weighted by atomic mass is 10.2. The SMILES string of the molecule is N/C(CC(=O)N1CC2CC1CO2)=N\O. The van der Waals surface area contributed by atoms with Crippen LogP contribution in [0.25, 0.3) is 0 Å². The topological polar surface area (TPSA) is 88.2 Å². The Morgan fingerprint density at radius 1 is 1.71 bits per heavy atom. The van der Waals surface area contributed by atoms with Crippen molar-refractivity contribution in [1.29, 1.82) is 0 Å². The summed E-state index contributed by atoms with van der Waals surface area (Å²) in [5.41, 5.74) is 5.26. The zero-order valence-corrected chi connectivity index (χ0v) is 7.72. The van der Waals surface area contributed by atoms with Gasteiger partial charge in [0.25, 0.3) is 0 Å². The summed E-state index contributed by atoms with van der Waals surface area (Å²) >= 11 is 0. The minimum Gasteiger partial charge on any atom is -0.409 e. The van der Waals surface area contributed by atoms with Gasteiger partial charge in [0.1, 0.15) is 5.84 Å². The lowest BCUT2D eigenvalue weighted by molar-refractivity contribution is -0.134. The predicted molar refractivity (Wildman–Crippen MR) is 47.9 cm³/mol. The summed E-state index contributed by atoms with van der Waals surface area (Å²) < 4.78 is 5.36. The highest BCUT2D eigenvalue weighted by atomic mass is 16.5. The quantitative estimate of drug-likeness (QED) is 0.262. The number of fused-ring (bicyclic) bond motifs is 2. The van der Waals surface area contributed by atoms with Crippen molar-refractivity contribution in [2.45, 2.75) is 25.0 Å². The summed E-state index contributed by atoms with van der Waals surface area (Å²) in [4.78, 5) is 13.4. The second kappa shape index (κ2) is 3.45. The number of amidine groups is 1. The molecule has 6 nitrogen and oxygen atoms in total. The van der Waals surface area contributed by atoms with E-state index in [2.05, 4.69) is 5.16 Å². The molecule has 2 rings (SSSR count). The summed E-state index contributed by atoms with van der Waals surface area (Å²) in [6.45, 7) is 1.26. The van der Waals surface area contributed by atoms with Gasteiger partial charge < -0.3 is 20.6 Å². The van der Waals surface area contributed by atoms with Crippen molar-refractivity contribution in [2.75, 3.05) is 13.2 Å². The molecule has 0 saturated carbocycles. The third-order valence-electron chi connectivity index (χ3n) is 2.68. The molecule has 14 heavy (non-hydrogen) atoms. The molecule has 0 aliphatic carbocycles. The third-order valence-corrected chi connectivity index (χ3v) is 2.68. The van der Waals surface area contributed by atoms with Gasteiger partial charge in [-0.05, 0) is 6.42 Å². The van der Waals surface area contributed by atoms with Gasteiger partial charge in [-0.1, -0.05) is 5.16 Å². The Labute approximate surface area is 81.3 Å². The first-order valence-electron chi connectivity index (χ1n) is 4.58. The van der Waals surface area contributed by atoms with Gasteiger partial charge in [-0.2, -0.15) is 0 Å². The number of likely N-dealkylation sites (tertiary alicyclic amines) is 1. The molecule has 0 aromatic carbocycles. The van der Waals surface area contributed by atoms with Gasteiger partial charge in [-0.3, -0.25) is 4.79 Å². The molecule has 0 aromatic rings. The molecule has 2 bridgehead atoms. The molecule has 2 aliphatic rings. The molecule has 1 amide bonds. The van der Waals surface area contributed by atoms with Gasteiger partial charge in [0.15, 0.2) is 0 Å². The first kappa shape index (κ1) is 9.26. The normalized spacial score (nSPS) is 31.1. The summed E-state index contributed by atoms with van der Waals surface area (Å²) in [6.07, 6.45) is 1.10. The number of morpholine rings is 1. The first-order valence-corrected chi connectivity index (χ1v) is 4.58. The molecule has 0 spiro atoms. The van der Waals surface area contributed by atoms with E-state index in [9.17, 15) is 4.79 Å². The number of hydrogen-bond acceptors (Lipinski definition) is 4. The zero-order chi connectivity index (χ0) is 10.1. The van der Waals surface area contributed by atoms with Crippen LogP contribution in [0, 0.1) is 0 Å². The second-order valence-corrected chi connectivity index (χ2v) is 3.66. The van der Waals surface area contributed by atoms with Gasteiger partial charge in [0, 0.05) is 6.54 Å². The molecule has 2 unspecified atom stereocenters. The van der Waals surface area contributed by atoms with Gasteiger partial charge >= 0.3 is 0 Å². The standard InChI is InChI=1S/C8H13N3O3/c9-7(10-13)2-8(12)11-3-6-1-5(11)4-14-6/h5-6,13H,1-4H2,(H2,9,10). The van der Waals surface area contributed by atoms with Gasteiger partial charge in [0.05, 0.1) is 25.2 Å². The molecule has 2 fully saturated rings. The predicted octanol–water partition coefficient (Wildman–Crippen LogP) is -0.877. The number of nitrogens with zero attached hydrogens (tertiary/aromatic N) is 2. The molecule has 2 aliphatic heterocycles. The van der Waals surface area contributed by atoms with E-state index in [1.54, 1.807) is 4.90 Å². The molecule has 0 aromatic heterocycles. The zero-order valence-electron chi connectivity index (χ0n) is 7.72. The summed E-state index contributed by atoms with van der Waals surface area (Å²) in [5, 5.41) is 11.1. The lowest BCUT2D eigenvalue weighted by Gasteiger charge is -2.26. The molecular weight excluding hydrogens is 186 g/mol. The Morgan fingerprint density at radius 3 is 3.00 bits per heavy atom. The third kappa shape index (κ3) is 1.52. The second-order valence-electron chi connectivity index (χ2n) is 3.66. The van der Waals surface area contributed by atoms with Crippen molar-refractivity contribution in [1.82, 2.24) is 4.90 Å². The van der Waals surface area contributed by atoms with Gasteiger partial charge in [-0.25, -0.2) is 0 Å². The largest absolute Gasteiger partial charge is 0.409 e. The average molecular weight is 199 g/mol. The smallest absolute Gasteiger partial charge is 0.230 e. The minimum atomic E-state index is -0.0869. The van der Waals surface area contributed by atoms with Crippen molar-refractivity contribution < 1.29 is 14.7 Å². The summed E-state index contributed by atoms with van der Waals surface area (Å²) in [7, 11) is 0. The van der Waals surface area contributed by atoms with Crippen molar-refractivity contribution in [3.63, 3.8) is 0 Å². The molecule has 6 heteroatoms. The molecular formula is C8H13N3O3. The Bertz CT molecular complexity index is 279. The van der Waals surface area contributed by atoms with Crippen molar-refractivity contribution in [3.8, 4) is 0 Å². The molecule has 2 atom stereocenters. The van der Waals surface area contributed by atoms with E-state index in [1.807, 2.05) is 0 Å². The van der Waals surface area contributed by atoms with Crippen LogP contribution in [-0.4, -0.2) is 47.1 Å². The highest BCUT2D eigenvalue weighted by Gasteiger charge is 2.41. The molecule has 78 valence electrons. The van der Waals surface area contributed by atoms with Crippen LogP contribution in [0.2, 0.25) is 0 Å². The Morgan fingerprint density at radius 2 is 2.50 bits per heavy atom. The maximum atomic E-state index is 11.6. The number of carbonyl (C=O) groups is 1. The highest BCUT2D eigenvalue weighted by Crippen LogP contribution is 2.27. The number of hydrogen-bond donors (Lipinski definition) is 2. The van der Waals surface area contributed by atoms with Crippen LogP contribution in [0.3, 0.4) is 0 Å². The van der Waals surface area contributed by atoms with Crippen LogP contribution in [0.4, 0.5) is 0 Å². The molecule has 2 saturated heterocycles. The fourth-order valence-corrected chi connectivity index (χ4v) is 2.00. The van der Waals surface area contributed by atoms with E-state index in [0.29, 0.717) is 13.2 Å². The van der Waals surface area contributed by atoms with Crippen LogP contribution in [0.5, 0.6) is 0 Å². The van der Waals surface area contributed by atoms with Crippen LogP contribution in [0.1, 0.15) is 12.8 Å². The monoisotopic (exact) mass is 199 g/mol. The fraction of sp³-hybridized carbons (Fsp3) is 0.750. The van der Waals surface area contributed by atoms with E-state index in [-0.39, 0.29) is 30.3 Å². The van der Waals surface area contributed by atoms with Crippen molar-refractivity contribution >= 4 is 11.7 Å². The highest BCUT2D eigenvalue weighted by molar-refractivity contribution is 5.98. The molecule has 0 radical (unpaired) electrons. The maximum Gasteiger partial charge on any atom is 0.230 e. The van der Waals surface area contributed by atoms with Crippen LogP contribution in [-0.2, 0) is 9.53 Å². The van der Waals surface area contributed by atoms with Crippen LogP contribution < -0.4 is 5.73 Å². The number of amides is 1. The Balaban J connectivity index is 1.93. The first-order chi connectivity index (χ1) is 6.70. The minimum absolute atomic E-state index is 0.0142. The Hall–Kier alpha value is -1.30. The fourth-order valence-electron chi connectivity index (χ4n) is 2.00. The van der Waals surface area contributed by atoms with Gasteiger partial charge in [0.2, 0.25) is 5.91 Å². The number of rotatable bonds is 2. The molecule has 3 N–H and O–H groups in total. The number of nitrogens with two attached hydrogens (primary N) is 1. The Kier molecular flexibility index (Phi) is 2.28. The van der Waals surface area contributed by atoms with Crippen molar-refractivity contribution in [3.05, 3.63) is 0 Å². The average Bonchev–Trinajstić information content (AvgIpc) is 2.78. The van der Waals surface area contributed by atoms with Crippen molar-refractivity contribution in [2.24, 2.45) is 10.9 Å². The number of oxime groups is 1. The van der Waals surface area contributed by atoms with E-state index in [0.717, 1.165) is 6.42 Å². The van der Waals surface area contributed by atoms with E-state index in [1.165, 1.54) is 0 Å². The van der Waals surface area contributed by atoms with Crippen LogP contribution in [0.15, 0.2) is 5.16 Å². The van der Waals surface area contributed by atoms with Crippen LogP contribution >= 0.6 is 0 Å². The van der Waals surface area contributed by atoms with E-state index in [4.69, 9.17) is 15.7 Å². The number of carbonyl (C=O) groups excluding carboxylic acids is 1. The lowest BCUT2D eigenvalue weighted by Crippen LogP contribution is -2.42. The van der Waals surface area contributed by atoms with E-state index >= 15 is 0 Å². The van der Waals surface area contributed by atoms with Gasteiger partial charge in [-0.15, -0.1) is 0 Å². The van der Waals surface area contributed by atoms with E-state index < -0.39 is 0 Å². The summed E-state index contributed by atoms with van der Waals surface area (Å²) in [6, 6.07) is 0.194. The number of ether oxygens (including phenoxy) is 1. The summed E-state index contributed by atoms with van der Waals surface area (Å²) in [5.74, 6) is -0.130. The maximum absolute atomic E-state index is 11.6. The molecule has 2 heterocycles.